The van der Waals surface area contributed by atoms with Crippen LogP contribution in [0.3, 0.4) is 0 Å². The molecule has 1 heterocycles. The fourth-order valence-corrected chi connectivity index (χ4v) is 1.56. The summed E-state index contributed by atoms with van der Waals surface area (Å²) in [6.07, 6.45) is 1.56. The molecule has 0 spiro atoms. The number of nitrogens with zero attached hydrogens (tertiary/aromatic N) is 2. The average Bonchev–Trinajstić information content (AvgIpc) is 2.36. The first-order chi connectivity index (χ1) is 8.20. The molecule has 1 aromatic heterocycles. The van der Waals surface area contributed by atoms with Crippen molar-refractivity contribution in [3.05, 3.63) is 53.2 Å². The number of pyridine rings is 1. The van der Waals surface area contributed by atoms with Gasteiger partial charge < -0.3 is 5.32 Å². The van der Waals surface area contributed by atoms with Crippen LogP contribution in [0.1, 0.15) is 16.7 Å². The van der Waals surface area contributed by atoms with E-state index in [1.165, 1.54) is 11.1 Å². The van der Waals surface area contributed by atoms with Gasteiger partial charge in [0.2, 0.25) is 0 Å². The second-order valence-electron chi connectivity index (χ2n) is 3.92. The van der Waals surface area contributed by atoms with E-state index in [0.29, 0.717) is 5.56 Å². The van der Waals surface area contributed by atoms with E-state index in [4.69, 9.17) is 5.26 Å². The molecule has 3 nitrogen and oxygen atoms in total. The van der Waals surface area contributed by atoms with Gasteiger partial charge in [-0.15, -0.1) is 0 Å². The zero-order chi connectivity index (χ0) is 12.3. The monoisotopic (exact) mass is 223 g/mol. The van der Waals surface area contributed by atoms with E-state index in [-0.39, 0.29) is 0 Å². The van der Waals surface area contributed by atoms with Crippen molar-refractivity contribution in [3.63, 3.8) is 0 Å². The summed E-state index contributed by atoms with van der Waals surface area (Å²) in [6, 6.07) is 11.7. The van der Waals surface area contributed by atoms with Crippen LogP contribution in [0.4, 0.5) is 11.5 Å². The van der Waals surface area contributed by atoms with Gasteiger partial charge >= 0.3 is 0 Å². The predicted octanol–water partition coefficient (Wildman–Crippen LogP) is 3.31. The Labute approximate surface area is 101 Å². The number of nitrogens with one attached hydrogen (secondary N) is 1. The van der Waals surface area contributed by atoms with E-state index in [9.17, 15) is 0 Å². The molecule has 0 saturated carbocycles. The van der Waals surface area contributed by atoms with E-state index >= 15 is 0 Å². The summed E-state index contributed by atoms with van der Waals surface area (Å²) in [5.41, 5.74) is 4.06. The highest BCUT2D eigenvalue weighted by atomic mass is 15.0. The summed E-state index contributed by atoms with van der Waals surface area (Å²) in [7, 11) is 0. The number of hydrogen-bond donors (Lipinski definition) is 1. The van der Waals surface area contributed by atoms with Gasteiger partial charge in [0.1, 0.15) is 11.9 Å². The van der Waals surface area contributed by atoms with Gasteiger partial charge in [-0.1, -0.05) is 12.1 Å². The average molecular weight is 223 g/mol. The zero-order valence-electron chi connectivity index (χ0n) is 9.86. The topological polar surface area (TPSA) is 48.7 Å². The molecule has 84 valence electrons. The molecule has 0 fully saturated rings. The van der Waals surface area contributed by atoms with Gasteiger partial charge in [0.15, 0.2) is 0 Å². The first kappa shape index (κ1) is 11.2. The maximum atomic E-state index is 8.69. The lowest BCUT2D eigenvalue weighted by atomic mass is 10.1. The standard InChI is InChI=1S/C14H13N3/c1-10-4-3-5-13(11(10)2)17-14-7-6-12(8-15)9-16-14/h3-7,9H,1-2H3,(H,16,17). The summed E-state index contributed by atoms with van der Waals surface area (Å²) < 4.78 is 0. The van der Waals surface area contributed by atoms with Gasteiger partial charge in [0.25, 0.3) is 0 Å². The van der Waals surface area contributed by atoms with E-state index in [1.807, 2.05) is 18.2 Å². The molecule has 3 heteroatoms. The number of anilines is 2. The van der Waals surface area contributed by atoms with Crippen molar-refractivity contribution in [2.24, 2.45) is 0 Å². The highest BCUT2D eigenvalue weighted by Gasteiger charge is 2.01. The molecule has 0 aliphatic rings. The highest BCUT2D eigenvalue weighted by Crippen LogP contribution is 2.21. The van der Waals surface area contributed by atoms with Crippen molar-refractivity contribution < 1.29 is 0 Å². The quantitative estimate of drug-likeness (QED) is 0.849. The van der Waals surface area contributed by atoms with Crippen molar-refractivity contribution >= 4 is 11.5 Å². The van der Waals surface area contributed by atoms with Crippen molar-refractivity contribution in [1.29, 1.82) is 5.26 Å². The zero-order valence-corrected chi connectivity index (χ0v) is 9.86. The van der Waals surface area contributed by atoms with Gasteiger partial charge in [-0.2, -0.15) is 5.26 Å². The minimum Gasteiger partial charge on any atom is -0.340 e. The fraction of sp³-hybridized carbons (Fsp3) is 0.143. The van der Waals surface area contributed by atoms with Gasteiger partial charge in [-0.05, 0) is 43.2 Å². The molecule has 0 aliphatic carbocycles. The summed E-state index contributed by atoms with van der Waals surface area (Å²) in [4.78, 5) is 4.18. The van der Waals surface area contributed by atoms with Crippen LogP contribution < -0.4 is 5.32 Å². The van der Waals surface area contributed by atoms with Crippen LogP contribution in [0.2, 0.25) is 0 Å². The molecular weight excluding hydrogens is 210 g/mol. The Morgan fingerprint density at radius 2 is 2.00 bits per heavy atom. The van der Waals surface area contributed by atoms with Crippen LogP contribution >= 0.6 is 0 Å². The summed E-state index contributed by atoms with van der Waals surface area (Å²) in [5.74, 6) is 0.748. The molecule has 0 aliphatic heterocycles. The molecule has 1 N–H and O–H groups in total. The predicted molar refractivity (Wildman–Crippen MR) is 68.2 cm³/mol. The molecule has 0 unspecified atom stereocenters. The Morgan fingerprint density at radius 1 is 1.18 bits per heavy atom. The SMILES string of the molecule is Cc1cccc(Nc2ccc(C#N)cn2)c1C. The third-order valence-corrected chi connectivity index (χ3v) is 2.76. The Hall–Kier alpha value is -2.34. The lowest BCUT2D eigenvalue weighted by Crippen LogP contribution is -1.96. The van der Waals surface area contributed by atoms with E-state index < -0.39 is 0 Å². The van der Waals surface area contributed by atoms with Crippen LogP contribution in [-0.4, -0.2) is 4.98 Å². The summed E-state index contributed by atoms with van der Waals surface area (Å²) in [6.45, 7) is 4.15. The molecule has 0 bridgehead atoms. The van der Waals surface area contributed by atoms with Crippen LogP contribution in [0.15, 0.2) is 36.5 Å². The Bertz CT molecular complexity index is 565. The molecule has 2 rings (SSSR count). The van der Waals surface area contributed by atoms with E-state index in [1.54, 1.807) is 18.3 Å². The largest absolute Gasteiger partial charge is 0.340 e. The van der Waals surface area contributed by atoms with E-state index in [2.05, 4.69) is 30.2 Å². The highest BCUT2D eigenvalue weighted by molar-refractivity contribution is 5.62. The fourth-order valence-electron chi connectivity index (χ4n) is 1.56. The minimum atomic E-state index is 0.566. The number of benzene rings is 1. The molecule has 2 aromatic rings. The van der Waals surface area contributed by atoms with Crippen LogP contribution in [0, 0.1) is 25.2 Å². The molecule has 0 radical (unpaired) electrons. The van der Waals surface area contributed by atoms with Gasteiger partial charge in [-0.3, -0.25) is 0 Å². The molecule has 0 atom stereocenters. The third kappa shape index (κ3) is 2.43. The van der Waals surface area contributed by atoms with E-state index in [0.717, 1.165) is 11.5 Å². The lowest BCUT2D eigenvalue weighted by molar-refractivity contribution is 1.26. The molecule has 0 amide bonds. The van der Waals surface area contributed by atoms with Crippen molar-refractivity contribution in [1.82, 2.24) is 4.98 Å². The molecular formula is C14H13N3. The van der Waals surface area contributed by atoms with Crippen LogP contribution in [0.5, 0.6) is 0 Å². The van der Waals surface area contributed by atoms with Crippen LogP contribution in [0.25, 0.3) is 0 Å². The maximum Gasteiger partial charge on any atom is 0.130 e. The van der Waals surface area contributed by atoms with Gasteiger partial charge in [0.05, 0.1) is 5.56 Å². The smallest absolute Gasteiger partial charge is 0.130 e. The Kier molecular flexibility index (Phi) is 3.06. The number of rotatable bonds is 2. The lowest BCUT2D eigenvalue weighted by Gasteiger charge is -2.10. The normalized spacial score (nSPS) is 9.71. The van der Waals surface area contributed by atoms with Crippen molar-refractivity contribution in [2.75, 3.05) is 5.32 Å². The second-order valence-corrected chi connectivity index (χ2v) is 3.92. The minimum absolute atomic E-state index is 0.566. The Balaban J connectivity index is 2.26. The summed E-state index contributed by atoms with van der Waals surface area (Å²) in [5, 5.41) is 11.9. The van der Waals surface area contributed by atoms with Crippen molar-refractivity contribution in [2.45, 2.75) is 13.8 Å². The van der Waals surface area contributed by atoms with Crippen molar-refractivity contribution in [3.8, 4) is 6.07 Å². The van der Waals surface area contributed by atoms with Gasteiger partial charge in [0, 0.05) is 11.9 Å². The summed E-state index contributed by atoms with van der Waals surface area (Å²) >= 11 is 0. The maximum absolute atomic E-state index is 8.69. The van der Waals surface area contributed by atoms with Crippen LogP contribution in [-0.2, 0) is 0 Å². The second kappa shape index (κ2) is 4.67. The molecule has 0 saturated heterocycles. The number of nitriles is 1. The third-order valence-electron chi connectivity index (χ3n) is 2.76. The number of aryl methyl sites for hydroxylation is 1. The molecule has 1 aromatic carbocycles. The Morgan fingerprint density at radius 3 is 2.65 bits per heavy atom. The first-order valence-corrected chi connectivity index (χ1v) is 5.40. The number of aromatic nitrogens is 1. The number of hydrogen-bond acceptors (Lipinski definition) is 3. The molecule has 17 heavy (non-hydrogen) atoms. The van der Waals surface area contributed by atoms with Gasteiger partial charge in [-0.25, -0.2) is 4.98 Å². The first-order valence-electron chi connectivity index (χ1n) is 5.40.